The summed E-state index contributed by atoms with van der Waals surface area (Å²) < 4.78 is 49.4. The highest BCUT2D eigenvalue weighted by atomic mass is 19.4. The van der Waals surface area contributed by atoms with E-state index < -0.39 is 17.8 Å². The number of likely N-dealkylation sites (N-methyl/N-ethyl adjacent to an activating group) is 1. The van der Waals surface area contributed by atoms with Crippen LogP contribution in [0.15, 0.2) is 72.8 Å². The van der Waals surface area contributed by atoms with Gasteiger partial charge in [-0.1, -0.05) is 42.5 Å². The molecule has 8 heteroatoms. The molecule has 0 spiro atoms. The van der Waals surface area contributed by atoms with Gasteiger partial charge in [0.2, 0.25) is 5.91 Å². The van der Waals surface area contributed by atoms with Crippen LogP contribution in [0, 0.1) is 0 Å². The topological polar surface area (TPSA) is 50.8 Å². The maximum Gasteiger partial charge on any atom is 0.416 e. The molecule has 0 aliphatic heterocycles. The molecule has 0 bridgehead atoms. The van der Waals surface area contributed by atoms with E-state index in [4.69, 9.17) is 9.47 Å². The maximum atomic E-state index is 13.7. The van der Waals surface area contributed by atoms with Crippen LogP contribution in [-0.2, 0) is 17.4 Å². The van der Waals surface area contributed by atoms with Gasteiger partial charge in [0.15, 0.2) is 11.5 Å². The summed E-state index contributed by atoms with van der Waals surface area (Å²) in [5.41, 5.74) is 1.37. The lowest BCUT2D eigenvalue weighted by Crippen LogP contribution is -2.41. The summed E-state index contributed by atoms with van der Waals surface area (Å²) in [6.07, 6.45) is -4.03. The summed E-state index contributed by atoms with van der Waals surface area (Å²) in [6, 6.07) is 18.9. The number of nitrogens with one attached hydrogen (secondary N) is 1. The van der Waals surface area contributed by atoms with Crippen molar-refractivity contribution in [3.63, 3.8) is 0 Å². The third-order valence-corrected chi connectivity index (χ3v) is 5.52. The predicted molar refractivity (Wildman–Crippen MR) is 125 cm³/mol. The van der Waals surface area contributed by atoms with Crippen molar-refractivity contribution in [3.05, 3.63) is 89.5 Å². The van der Waals surface area contributed by atoms with E-state index in [9.17, 15) is 18.0 Å². The largest absolute Gasteiger partial charge is 0.493 e. The molecular weight excluding hydrogens is 445 g/mol. The molecule has 180 valence electrons. The van der Waals surface area contributed by atoms with Crippen LogP contribution in [0.5, 0.6) is 11.5 Å². The minimum Gasteiger partial charge on any atom is -0.493 e. The van der Waals surface area contributed by atoms with E-state index in [1.54, 1.807) is 30.1 Å². The Kier molecular flexibility index (Phi) is 8.17. The van der Waals surface area contributed by atoms with Gasteiger partial charge in [0, 0.05) is 18.3 Å². The Morgan fingerprint density at radius 3 is 2.15 bits per heavy atom. The second-order valence-corrected chi connectivity index (χ2v) is 7.61. The third-order valence-electron chi connectivity index (χ3n) is 5.52. The lowest BCUT2D eigenvalue weighted by atomic mass is 10.0. The number of carbonyl (C=O) groups is 1. The minimum absolute atomic E-state index is 0.201. The van der Waals surface area contributed by atoms with Crippen molar-refractivity contribution in [1.29, 1.82) is 0 Å². The Morgan fingerprint density at radius 2 is 1.59 bits per heavy atom. The van der Waals surface area contributed by atoms with Crippen LogP contribution >= 0.6 is 0 Å². The molecule has 3 aromatic carbocycles. The summed E-state index contributed by atoms with van der Waals surface area (Å²) in [4.78, 5) is 15.3. The maximum absolute atomic E-state index is 13.7. The van der Waals surface area contributed by atoms with Gasteiger partial charge in [-0.2, -0.15) is 13.2 Å². The lowest BCUT2D eigenvalue weighted by molar-refractivity contribution is -0.137. The van der Waals surface area contributed by atoms with E-state index in [2.05, 4.69) is 5.32 Å². The molecule has 0 aromatic heterocycles. The van der Waals surface area contributed by atoms with E-state index in [0.717, 1.165) is 17.7 Å². The van der Waals surface area contributed by atoms with E-state index in [0.29, 0.717) is 29.2 Å². The van der Waals surface area contributed by atoms with Gasteiger partial charge in [-0.05, 0) is 48.9 Å². The number of benzene rings is 3. The molecule has 5 nitrogen and oxygen atoms in total. The van der Waals surface area contributed by atoms with E-state index >= 15 is 0 Å². The van der Waals surface area contributed by atoms with Crippen LogP contribution in [0.25, 0.3) is 0 Å². The SMILES string of the molecule is CNC(C(=O)N(CCc1ccc(C(F)(F)F)cc1)c1ccc(OC)c(OC)c1)c1ccccc1. The fourth-order valence-electron chi connectivity index (χ4n) is 3.69. The van der Waals surface area contributed by atoms with Gasteiger partial charge >= 0.3 is 6.18 Å². The molecule has 34 heavy (non-hydrogen) atoms. The second-order valence-electron chi connectivity index (χ2n) is 7.61. The Bertz CT molecular complexity index is 1090. The van der Waals surface area contributed by atoms with Gasteiger partial charge in [-0.15, -0.1) is 0 Å². The third kappa shape index (κ3) is 5.88. The predicted octanol–water partition coefficient (Wildman–Crippen LogP) is 5.26. The van der Waals surface area contributed by atoms with Crippen LogP contribution in [0.1, 0.15) is 22.7 Å². The average molecular weight is 473 g/mol. The Hall–Kier alpha value is -3.52. The summed E-state index contributed by atoms with van der Waals surface area (Å²) in [5.74, 6) is 0.787. The molecule has 1 atom stereocenters. The number of alkyl halides is 3. The molecule has 0 aliphatic carbocycles. The van der Waals surface area contributed by atoms with Crippen molar-refractivity contribution in [1.82, 2.24) is 5.32 Å². The average Bonchev–Trinajstić information content (AvgIpc) is 2.85. The number of nitrogens with zero attached hydrogens (tertiary/aromatic N) is 1. The van der Waals surface area contributed by atoms with Gasteiger partial charge in [-0.25, -0.2) is 0 Å². The number of methoxy groups -OCH3 is 2. The molecule has 0 fully saturated rings. The molecular formula is C26H27F3N2O3. The van der Waals surface area contributed by atoms with Crippen molar-refractivity contribution < 1.29 is 27.4 Å². The Balaban J connectivity index is 1.92. The van der Waals surface area contributed by atoms with Crippen molar-refractivity contribution in [2.24, 2.45) is 0 Å². The number of anilines is 1. The van der Waals surface area contributed by atoms with Crippen molar-refractivity contribution in [3.8, 4) is 11.5 Å². The molecule has 3 aromatic rings. The number of halogens is 3. The number of amides is 1. The molecule has 0 heterocycles. The normalized spacial score (nSPS) is 12.2. The standard InChI is InChI=1S/C26H27F3N2O3/c1-30-24(19-7-5-4-6-8-19)25(32)31(21-13-14-22(33-2)23(17-21)34-3)16-15-18-9-11-20(12-10-18)26(27,28)29/h4-14,17,24,30H,15-16H2,1-3H3. The van der Waals surface area contributed by atoms with Crippen molar-refractivity contribution in [2.75, 3.05) is 32.7 Å². The van der Waals surface area contributed by atoms with E-state index in [-0.39, 0.29) is 12.5 Å². The second kappa shape index (κ2) is 11.1. The highest BCUT2D eigenvalue weighted by Crippen LogP contribution is 2.33. The zero-order chi connectivity index (χ0) is 24.7. The van der Waals surface area contributed by atoms with E-state index in [1.807, 2.05) is 30.3 Å². The molecule has 1 N–H and O–H groups in total. The first-order chi connectivity index (χ1) is 16.3. The van der Waals surface area contributed by atoms with Gasteiger partial charge in [0.05, 0.1) is 19.8 Å². The number of hydrogen-bond donors (Lipinski definition) is 1. The van der Waals surface area contributed by atoms with Crippen molar-refractivity contribution in [2.45, 2.75) is 18.6 Å². The van der Waals surface area contributed by atoms with Crippen LogP contribution in [-0.4, -0.2) is 33.7 Å². The number of rotatable bonds is 9. The first-order valence-electron chi connectivity index (χ1n) is 10.7. The first kappa shape index (κ1) is 25.1. The Morgan fingerprint density at radius 1 is 0.941 bits per heavy atom. The lowest BCUT2D eigenvalue weighted by Gasteiger charge is -2.28. The molecule has 0 saturated carbocycles. The van der Waals surface area contributed by atoms with Crippen LogP contribution in [0.3, 0.4) is 0 Å². The first-order valence-corrected chi connectivity index (χ1v) is 10.7. The highest BCUT2D eigenvalue weighted by molar-refractivity contribution is 5.98. The zero-order valence-corrected chi connectivity index (χ0v) is 19.2. The van der Waals surface area contributed by atoms with Gasteiger partial charge in [-0.3, -0.25) is 4.79 Å². The highest BCUT2D eigenvalue weighted by Gasteiger charge is 2.30. The quantitative estimate of drug-likeness (QED) is 0.462. The fraction of sp³-hybridized carbons (Fsp3) is 0.269. The molecule has 0 radical (unpaired) electrons. The van der Waals surface area contributed by atoms with Crippen LogP contribution in [0.4, 0.5) is 18.9 Å². The van der Waals surface area contributed by atoms with Gasteiger partial charge in [0.1, 0.15) is 6.04 Å². The monoisotopic (exact) mass is 472 g/mol. The van der Waals surface area contributed by atoms with Crippen LogP contribution in [0.2, 0.25) is 0 Å². The Labute approximate surface area is 197 Å². The minimum atomic E-state index is -4.39. The molecule has 1 amide bonds. The van der Waals surface area contributed by atoms with Gasteiger partial charge < -0.3 is 19.7 Å². The summed E-state index contributed by atoms with van der Waals surface area (Å²) >= 11 is 0. The van der Waals surface area contributed by atoms with Gasteiger partial charge in [0.25, 0.3) is 0 Å². The zero-order valence-electron chi connectivity index (χ0n) is 19.2. The number of carbonyl (C=O) groups excluding carboxylic acids is 1. The molecule has 1 unspecified atom stereocenters. The smallest absolute Gasteiger partial charge is 0.416 e. The van der Waals surface area contributed by atoms with Crippen molar-refractivity contribution >= 4 is 11.6 Å². The molecule has 0 saturated heterocycles. The summed E-state index contributed by atoms with van der Waals surface area (Å²) in [7, 11) is 4.74. The summed E-state index contributed by atoms with van der Waals surface area (Å²) in [5, 5.41) is 3.07. The number of hydrogen-bond acceptors (Lipinski definition) is 4. The number of ether oxygens (including phenoxy) is 2. The fourth-order valence-corrected chi connectivity index (χ4v) is 3.69. The molecule has 0 aliphatic rings. The van der Waals surface area contributed by atoms with Crippen LogP contribution < -0.4 is 19.7 Å². The van der Waals surface area contributed by atoms with E-state index in [1.165, 1.54) is 26.4 Å². The molecule has 3 rings (SSSR count). The summed E-state index contributed by atoms with van der Waals surface area (Å²) in [6.45, 7) is 0.255.